The fraction of sp³-hybridized carbons (Fsp3) is 0.440. The Labute approximate surface area is 213 Å². The van der Waals surface area contributed by atoms with Crippen LogP contribution in [0.15, 0.2) is 48.5 Å². The maximum absolute atomic E-state index is 14.7. The van der Waals surface area contributed by atoms with Gasteiger partial charge in [-0.3, -0.25) is 9.59 Å². The molecular formula is C25H35FN4O5S. The van der Waals surface area contributed by atoms with Crippen LogP contribution in [0.25, 0.3) is 0 Å². The van der Waals surface area contributed by atoms with Crippen molar-refractivity contribution in [2.24, 2.45) is 0 Å². The van der Waals surface area contributed by atoms with Crippen LogP contribution < -0.4 is 14.4 Å². The van der Waals surface area contributed by atoms with Gasteiger partial charge in [-0.2, -0.15) is 12.7 Å². The number of anilines is 1. The van der Waals surface area contributed by atoms with Crippen molar-refractivity contribution in [2.45, 2.75) is 45.8 Å². The van der Waals surface area contributed by atoms with Crippen molar-refractivity contribution in [3.63, 3.8) is 0 Å². The highest BCUT2D eigenvalue weighted by Crippen LogP contribution is 2.24. The summed E-state index contributed by atoms with van der Waals surface area (Å²) >= 11 is 0. The Morgan fingerprint density at radius 3 is 2.31 bits per heavy atom. The van der Waals surface area contributed by atoms with Crippen molar-refractivity contribution in [1.82, 2.24) is 14.5 Å². The molecule has 0 heterocycles. The minimum Gasteiger partial charge on any atom is -0.497 e. The van der Waals surface area contributed by atoms with E-state index in [9.17, 15) is 22.4 Å². The van der Waals surface area contributed by atoms with Gasteiger partial charge < -0.3 is 15.0 Å². The van der Waals surface area contributed by atoms with Crippen LogP contribution in [0.4, 0.5) is 10.1 Å². The molecule has 0 fully saturated rings. The van der Waals surface area contributed by atoms with Gasteiger partial charge in [0.25, 0.3) is 0 Å². The Hall–Kier alpha value is -3.18. The average Bonchev–Trinajstić information content (AvgIpc) is 2.82. The maximum Gasteiger partial charge on any atom is 0.304 e. The zero-order chi connectivity index (χ0) is 27.0. The average molecular weight is 523 g/mol. The largest absolute Gasteiger partial charge is 0.497 e. The molecule has 0 bridgehead atoms. The first-order chi connectivity index (χ1) is 16.9. The van der Waals surface area contributed by atoms with Gasteiger partial charge in [0.2, 0.25) is 11.8 Å². The van der Waals surface area contributed by atoms with Gasteiger partial charge in [0.15, 0.2) is 0 Å². The van der Waals surface area contributed by atoms with E-state index in [-0.39, 0.29) is 30.6 Å². The molecule has 1 unspecified atom stereocenters. The molecule has 1 N–H and O–H groups in total. The van der Waals surface area contributed by atoms with Gasteiger partial charge in [0.1, 0.15) is 24.2 Å². The number of amides is 2. The standard InChI is InChI=1S/C25H35FN4O5S/c1-7-22(25(32)27-18(2)3)29(16-19-11-10-12-20(15-19)35-6)24(31)17-30(36(33,34)28(4)5)23-14-9-8-13-21(23)26/h8-15,18,22H,7,16-17H2,1-6H3,(H,27,32). The molecule has 36 heavy (non-hydrogen) atoms. The summed E-state index contributed by atoms with van der Waals surface area (Å²) in [5.41, 5.74) is 0.423. The molecule has 1 atom stereocenters. The number of carbonyl (C=O) groups is 2. The van der Waals surface area contributed by atoms with Gasteiger partial charge in [-0.05, 0) is 50.1 Å². The molecule has 0 spiro atoms. The topological polar surface area (TPSA) is 99.3 Å². The predicted octanol–water partition coefficient (Wildman–Crippen LogP) is 2.78. The molecule has 0 aliphatic rings. The van der Waals surface area contributed by atoms with Crippen LogP contribution >= 0.6 is 0 Å². The zero-order valence-corrected chi connectivity index (χ0v) is 22.4. The molecule has 0 aromatic heterocycles. The van der Waals surface area contributed by atoms with Crippen molar-refractivity contribution >= 4 is 27.7 Å². The van der Waals surface area contributed by atoms with Crippen LogP contribution in [0, 0.1) is 5.82 Å². The lowest BCUT2D eigenvalue weighted by Gasteiger charge is -2.34. The van der Waals surface area contributed by atoms with E-state index < -0.39 is 34.5 Å². The second-order valence-electron chi connectivity index (χ2n) is 8.71. The SMILES string of the molecule is CCC(C(=O)NC(C)C)N(Cc1cccc(OC)c1)C(=O)CN(c1ccccc1F)S(=O)(=O)N(C)C. The summed E-state index contributed by atoms with van der Waals surface area (Å²) < 4.78 is 47.8. The molecule has 0 saturated carbocycles. The number of carbonyl (C=O) groups excluding carboxylic acids is 2. The Morgan fingerprint density at radius 1 is 1.08 bits per heavy atom. The quantitative estimate of drug-likeness (QED) is 0.462. The smallest absolute Gasteiger partial charge is 0.304 e. The highest BCUT2D eigenvalue weighted by atomic mass is 32.2. The molecule has 0 radical (unpaired) electrons. The minimum absolute atomic E-state index is 0.0210. The zero-order valence-electron chi connectivity index (χ0n) is 21.6. The third-order valence-electron chi connectivity index (χ3n) is 5.44. The molecule has 11 heteroatoms. The number of methoxy groups -OCH3 is 1. The van der Waals surface area contributed by atoms with Crippen molar-refractivity contribution in [2.75, 3.05) is 32.1 Å². The molecule has 0 aliphatic carbocycles. The maximum atomic E-state index is 14.7. The van der Waals surface area contributed by atoms with Gasteiger partial charge in [0, 0.05) is 26.7 Å². The van der Waals surface area contributed by atoms with E-state index in [1.54, 1.807) is 31.2 Å². The van der Waals surface area contributed by atoms with Gasteiger partial charge in [0.05, 0.1) is 12.8 Å². The van der Waals surface area contributed by atoms with Crippen LogP contribution in [0.3, 0.4) is 0 Å². The lowest BCUT2D eigenvalue weighted by Crippen LogP contribution is -2.54. The molecule has 198 valence electrons. The number of benzene rings is 2. The lowest BCUT2D eigenvalue weighted by atomic mass is 10.1. The van der Waals surface area contributed by atoms with Gasteiger partial charge in [-0.1, -0.05) is 31.2 Å². The van der Waals surface area contributed by atoms with Crippen molar-refractivity contribution in [3.05, 3.63) is 59.9 Å². The third kappa shape index (κ3) is 7.17. The summed E-state index contributed by atoms with van der Waals surface area (Å²) in [7, 11) is -0.124. The highest BCUT2D eigenvalue weighted by Gasteiger charge is 2.34. The number of rotatable bonds is 12. The summed E-state index contributed by atoms with van der Waals surface area (Å²) in [5, 5.41) is 2.82. The summed E-state index contributed by atoms with van der Waals surface area (Å²) in [6.45, 7) is 4.70. The number of nitrogens with one attached hydrogen (secondary N) is 1. The highest BCUT2D eigenvalue weighted by molar-refractivity contribution is 7.90. The van der Waals surface area contributed by atoms with E-state index in [2.05, 4.69) is 5.32 Å². The Kier molecular flexibility index (Phi) is 10.2. The van der Waals surface area contributed by atoms with E-state index in [1.807, 2.05) is 13.8 Å². The van der Waals surface area contributed by atoms with Crippen LogP contribution in [-0.2, 0) is 26.3 Å². The summed E-state index contributed by atoms with van der Waals surface area (Å²) in [6, 6.07) is 11.3. The van der Waals surface area contributed by atoms with E-state index in [1.165, 1.54) is 44.3 Å². The predicted molar refractivity (Wildman–Crippen MR) is 137 cm³/mol. The first-order valence-electron chi connectivity index (χ1n) is 11.6. The molecule has 9 nitrogen and oxygen atoms in total. The Bertz CT molecular complexity index is 1160. The van der Waals surface area contributed by atoms with Gasteiger partial charge in [-0.15, -0.1) is 0 Å². The van der Waals surface area contributed by atoms with E-state index >= 15 is 0 Å². The van der Waals surface area contributed by atoms with Crippen LogP contribution in [-0.4, -0.2) is 69.3 Å². The van der Waals surface area contributed by atoms with E-state index in [4.69, 9.17) is 4.74 Å². The van der Waals surface area contributed by atoms with Gasteiger partial charge in [-0.25, -0.2) is 8.70 Å². The molecule has 0 saturated heterocycles. The van der Waals surface area contributed by atoms with Gasteiger partial charge >= 0.3 is 10.2 Å². The van der Waals surface area contributed by atoms with Crippen LogP contribution in [0.2, 0.25) is 0 Å². The van der Waals surface area contributed by atoms with E-state index in [0.717, 1.165) is 14.7 Å². The van der Waals surface area contributed by atoms with Crippen molar-refractivity contribution in [1.29, 1.82) is 0 Å². The molecule has 2 aromatic rings. The molecular weight excluding hydrogens is 487 g/mol. The third-order valence-corrected chi connectivity index (χ3v) is 7.25. The van der Waals surface area contributed by atoms with Crippen LogP contribution in [0.5, 0.6) is 5.75 Å². The lowest BCUT2D eigenvalue weighted by molar-refractivity contribution is -0.140. The monoisotopic (exact) mass is 522 g/mol. The number of nitrogens with zero attached hydrogens (tertiary/aromatic N) is 3. The van der Waals surface area contributed by atoms with Crippen molar-refractivity contribution in [3.8, 4) is 5.75 Å². The molecule has 2 rings (SSSR count). The second-order valence-corrected chi connectivity index (χ2v) is 10.8. The molecule has 2 amide bonds. The number of ether oxygens (including phenoxy) is 1. The normalized spacial score (nSPS) is 12.4. The van der Waals surface area contributed by atoms with E-state index in [0.29, 0.717) is 11.3 Å². The first-order valence-corrected chi connectivity index (χ1v) is 13.0. The second kappa shape index (κ2) is 12.7. The number of para-hydroxylation sites is 1. The Morgan fingerprint density at radius 2 is 1.75 bits per heavy atom. The fourth-order valence-corrected chi connectivity index (χ4v) is 4.69. The number of hydrogen-bond donors (Lipinski definition) is 1. The molecule has 2 aromatic carbocycles. The summed E-state index contributed by atoms with van der Waals surface area (Å²) in [6.07, 6.45) is 0.286. The first kappa shape index (κ1) is 29.1. The minimum atomic E-state index is -4.24. The van der Waals surface area contributed by atoms with Crippen LogP contribution in [0.1, 0.15) is 32.8 Å². The number of halogens is 1. The van der Waals surface area contributed by atoms with Crippen molar-refractivity contribution < 1.29 is 27.1 Å². The summed E-state index contributed by atoms with van der Waals surface area (Å²) in [4.78, 5) is 28.1. The Balaban J connectivity index is 2.54. The molecule has 0 aliphatic heterocycles. The fourth-order valence-electron chi connectivity index (χ4n) is 3.62. The summed E-state index contributed by atoms with van der Waals surface area (Å²) in [5.74, 6) is -1.24. The number of hydrogen-bond acceptors (Lipinski definition) is 5.